The van der Waals surface area contributed by atoms with Crippen LogP contribution in [0, 0.1) is 0 Å². The lowest BCUT2D eigenvalue weighted by atomic mass is 10.5. The molecule has 0 aliphatic heterocycles. The van der Waals surface area contributed by atoms with Crippen LogP contribution in [-0.2, 0) is 25.6 Å². The minimum atomic E-state index is -0.422. The van der Waals surface area contributed by atoms with E-state index >= 15 is 0 Å². The zero-order valence-electron chi connectivity index (χ0n) is 10.0. The lowest BCUT2D eigenvalue weighted by Gasteiger charge is -2.08. The average Bonchev–Trinajstić information content (AvgIpc) is 2.69. The van der Waals surface area contributed by atoms with E-state index in [2.05, 4.69) is 4.98 Å². The van der Waals surface area contributed by atoms with Crippen molar-refractivity contribution in [1.29, 1.82) is 0 Å². The van der Waals surface area contributed by atoms with Gasteiger partial charge in [0.15, 0.2) is 11.2 Å². The first kappa shape index (κ1) is 11.6. The first-order chi connectivity index (χ1) is 8.07. The van der Waals surface area contributed by atoms with E-state index in [9.17, 15) is 9.59 Å². The van der Waals surface area contributed by atoms with Gasteiger partial charge < -0.3 is 9.30 Å². The first-order valence-corrected chi connectivity index (χ1v) is 5.26. The minimum Gasteiger partial charge on any atom is -0.361 e. The topological polar surface area (TPSA) is 71.1 Å². The van der Waals surface area contributed by atoms with Crippen LogP contribution in [0.15, 0.2) is 15.9 Å². The van der Waals surface area contributed by atoms with Crippen molar-refractivity contribution in [3.8, 4) is 0 Å². The summed E-state index contributed by atoms with van der Waals surface area (Å²) in [5.74, 6) is 0. The van der Waals surface area contributed by atoms with Crippen LogP contribution < -0.4 is 11.2 Å². The molecule has 0 saturated heterocycles. The highest BCUT2D eigenvalue weighted by Gasteiger charge is 2.14. The van der Waals surface area contributed by atoms with Crippen molar-refractivity contribution >= 4 is 11.2 Å². The number of nitrogens with zero attached hydrogens (tertiary/aromatic N) is 4. The Kier molecular flexibility index (Phi) is 2.84. The summed E-state index contributed by atoms with van der Waals surface area (Å²) in [6.07, 6.45) is 1.51. The zero-order valence-corrected chi connectivity index (χ0v) is 10.0. The second-order valence-electron chi connectivity index (χ2n) is 3.72. The van der Waals surface area contributed by atoms with Crippen LogP contribution in [0.25, 0.3) is 11.2 Å². The van der Waals surface area contributed by atoms with Gasteiger partial charge in [0, 0.05) is 20.7 Å². The van der Waals surface area contributed by atoms with Gasteiger partial charge in [-0.1, -0.05) is 0 Å². The Morgan fingerprint density at radius 1 is 1.35 bits per heavy atom. The summed E-state index contributed by atoms with van der Waals surface area (Å²) in [6, 6.07) is 0. The number of aryl methyl sites for hydroxylation is 1. The number of hydrogen-bond acceptors (Lipinski definition) is 4. The van der Waals surface area contributed by atoms with Gasteiger partial charge in [0.25, 0.3) is 5.56 Å². The zero-order chi connectivity index (χ0) is 12.6. The Labute approximate surface area is 96.9 Å². The second kappa shape index (κ2) is 4.17. The summed E-state index contributed by atoms with van der Waals surface area (Å²) in [4.78, 5) is 27.9. The Morgan fingerprint density at radius 2 is 2.06 bits per heavy atom. The summed E-state index contributed by atoms with van der Waals surface area (Å²) < 4.78 is 9.21. The molecule has 2 aromatic rings. The molecule has 0 spiro atoms. The molecule has 2 aromatic heterocycles. The van der Waals surface area contributed by atoms with Gasteiger partial charge in [0.1, 0.15) is 6.73 Å². The molecule has 2 rings (SSSR count). The van der Waals surface area contributed by atoms with Crippen LogP contribution in [-0.4, -0.2) is 25.3 Å². The predicted octanol–water partition coefficient (Wildman–Crippen LogP) is -0.572. The van der Waals surface area contributed by atoms with Crippen LogP contribution in [0.1, 0.15) is 6.92 Å². The van der Waals surface area contributed by atoms with Gasteiger partial charge in [-0.25, -0.2) is 9.78 Å². The first-order valence-electron chi connectivity index (χ1n) is 5.26. The summed E-state index contributed by atoms with van der Waals surface area (Å²) in [5.41, 5.74) is -0.0201. The van der Waals surface area contributed by atoms with Crippen molar-refractivity contribution in [2.24, 2.45) is 14.1 Å². The standard InChI is InChI=1S/C10H14N4O3/c1-4-17-6-14-8-7(12(2)5-11-8)9(15)13(3)10(14)16/h5H,4,6H2,1-3H3. The predicted molar refractivity (Wildman–Crippen MR) is 61.8 cm³/mol. The third-order valence-corrected chi connectivity index (χ3v) is 2.62. The van der Waals surface area contributed by atoms with Crippen molar-refractivity contribution in [3.05, 3.63) is 27.2 Å². The van der Waals surface area contributed by atoms with Crippen LogP contribution in [0.3, 0.4) is 0 Å². The monoisotopic (exact) mass is 238 g/mol. The van der Waals surface area contributed by atoms with Crippen LogP contribution in [0.5, 0.6) is 0 Å². The lowest BCUT2D eigenvalue weighted by molar-refractivity contribution is 0.0863. The third-order valence-electron chi connectivity index (χ3n) is 2.62. The molecule has 0 aliphatic rings. The molecule has 0 fully saturated rings. The summed E-state index contributed by atoms with van der Waals surface area (Å²) in [5, 5.41) is 0. The normalized spacial score (nSPS) is 11.2. The molecule has 0 N–H and O–H groups in total. The van der Waals surface area contributed by atoms with Gasteiger partial charge in [-0.2, -0.15) is 0 Å². The maximum absolute atomic E-state index is 11.9. The smallest absolute Gasteiger partial charge is 0.334 e. The van der Waals surface area contributed by atoms with Gasteiger partial charge in [-0.05, 0) is 6.92 Å². The Hall–Kier alpha value is -1.89. The molecule has 0 bridgehead atoms. The molecule has 0 radical (unpaired) electrons. The van der Waals surface area contributed by atoms with E-state index in [1.807, 2.05) is 6.92 Å². The van der Waals surface area contributed by atoms with E-state index in [1.165, 1.54) is 17.9 Å². The van der Waals surface area contributed by atoms with Crippen LogP contribution >= 0.6 is 0 Å². The number of imidazole rings is 1. The van der Waals surface area contributed by atoms with Crippen molar-refractivity contribution < 1.29 is 4.74 Å². The highest BCUT2D eigenvalue weighted by molar-refractivity contribution is 5.69. The molecule has 0 amide bonds. The van der Waals surface area contributed by atoms with E-state index < -0.39 is 5.69 Å². The van der Waals surface area contributed by atoms with E-state index in [0.717, 1.165) is 4.57 Å². The highest BCUT2D eigenvalue weighted by atomic mass is 16.5. The molecule has 0 atom stereocenters. The fraction of sp³-hybridized carbons (Fsp3) is 0.500. The fourth-order valence-corrected chi connectivity index (χ4v) is 1.68. The van der Waals surface area contributed by atoms with Gasteiger partial charge in [0.2, 0.25) is 0 Å². The molecule has 0 aliphatic carbocycles. The van der Waals surface area contributed by atoms with E-state index in [0.29, 0.717) is 17.8 Å². The van der Waals surface area contributed by atoms with Crippen LogP contribution in [0.2, 0.25) is 0 Å². The largest absolute Gasteiger partial charge is 0.361 e. The molecule has 7 nitrogen and oxygen atoms in total. The van der Waals surface area contributed by atoms with Crippen molar-refractivity contribution in [2.45, 2.75) is 13.7 Å². The third kappa shape index (κ3) is 1.68. The molecule has 0 unspecified atom stereocenters. The molecule has 2 heterocycles. The summed E-state index contributed by atoms with van der Waals surface area (Å²) in [7, 11) is 3.16. The summed E-state index contributed by atoms with van der Waals surface area (Å²) in [6.45, 7) is 2.42. The highest BCUT2D eigenvalue weighted by Crippen LogP contribution is 2.04. The van der Waals surface area contributed by atoms with E-state index in [1.54, 1.807) is 11.6 Å². The fourth-order valence-electron chi connectivity index (χ4n) is 1.68. The van der Waals surface area contributed by atoms with Gasteiger partial charge in [-0.15, -0.1) is 0 Å². The molecule has 0 saturated carbocycles. The summed E-state index contributed by atoms with van der Waals surface area (Å²) >= 11 is 0. The minimum absolute atomic E-state index is 0.0942. The van der Waals surface area contributed by atoms with Crippen molar-refractivity contribution in [2.75, 3.05) is 6.61 Å². The SMILES string of the molecule is CCOCn1c(=O)n(C)c(=O)c2c1ncn2C. The molecule has 92 valence electrons. The molecule has 0 aromatic carbocycles. The molecular formula is C10H14N4O3. The maximum atomic E-state index is 11.9. The number of hydrogen-bond donors (Lipinski definition) is 0. The second-order valence-corrected chi connectivity index (χ2v) is 3.72. The maximum Gasteiger partial charge on any atom is 0.334 e. The van der Waals surface area contributed by atoms with Gasteiger partial charge in [0.05, 0.1) is 6.33 Å². The Balaban J connectivity index is 2.82. The van der Waals surface area contributed by atoms with Crippen molar-refractivity contribution in [1.82, 2.24) is 18.7 Å². The van der Waals surface area contributed by atoms with Crippen molar-refractivity contribution in [3.63, 3.8) is 0 Å². The average molecular weight is 238 g/mol. The molecule has 7 heteroatoms. The van der Waals surface area contributed by atoms with Crippen LogP contribution in [0.4, 0.5) is 0 Å². The van der Waals surface area contributed by atoms with Gasteiger partial charge >= 0.3 is 5.69 Å². The molecule has 17 heavy (non-hydrogen) atoms. The number of rotatable bonds is 3. The Bertz CT molecular complexity index is 664. The van der Waals surface area contributed by atoms with E-state index in [-0.39, 0.29) is 12.3 Å². The number of ether oxygens (including phenoxy) is 1. The van der Waals surface area contributed by atoms with Gasteiger partial charge in [-0.3, -0.25) is 13.9 Å². The lowest BCUT2D eigenvalue weighted by Crippen LogP contribution is -2.39. The number of aromatic nitrogens is 4. The quantitative estimate of drug-likeness (QED) is 0.717. The molecular weight excluding hydrogens is 224 g/mol. The van der Waals surface area contributed by atoms with E-state index in [4.69, 9.17) is 4.74 Å². The Morgan fingerprint density at radius 3 is 2.71 bits per heavy atom. The number of fused-ring (bicyclic) bond motifs is 1.